The van der Waals surface area contributed by atoms with Gasteiger partial charge in [-0.2, -0.15) is 0 Å². The van der Waals surface area contributed by atoms with Crippen molar-refractivity contribution in [3.8, 4) is 5.75 Å². The van der Waals surface area contributed by atoms with Gasteiger partial charge in [-0.25, -0.2) is 0 Å². The SMILES string of the molecule is [B]c1cc(Br)ccc1OCC. The first-order chi connectivity index (χ1) is 5.24. The van der Waals surface area contributed by atoms with E-state index in [4.69, 9.17) is 12.6 Å². The van der Waals surface area contributed by atoms with Crippen LogP contribution in [0.3, 0.4) is 0 Å². The van der Waals surface area contributed by atoms with Crippen LogP contribution in [0.5, 0.6) is 5.75 Å². The van der Waals surface area contributed by atoms with Crippen LogP contribution in [0.25, 0.3) is 0 Å². The van der Waals surface area contributed by atoms with Crippen LogP contribution in [-0.2, 0) is 0 Å². The van der Waals surface area contributed by atoms with E-state index >= 15 is 0 Å². The lowest BCUT2D eigenvalue weighted by molar-refractivity contribution is 0.343. The highest BCUT2D eigenvalue weighted by Gasteiger charge is 1.96. The zero-order valence-corrected chi connectivity index (χ0v) is 7.89. The van der Waals surface area contributed by atoms with Gasteiger partial charge in [0.15, 0.2) is 0 Å². The van der Waals surface area contributed by atoms with Crippen LogP contribution < -0.4 is 10.2 Å². The van der Waals surface area contributed by atoms with Crippen molar-refractivity contribution in [3.05, 3.63) is 22.7 Å². The van der Waals surface area contributed by atoms with Crippen molar-refractivity contribution >= 4 is 29.2 Å². The van der Waals surface area contributed by atoms with Crippen molar-refractivity contribution in [3.63, 3.8) is 0 Å². The minimum atomic E-state index is 0.645. The Hall–Kier alpha value is -0.435. The molecule has 0 atom stereocenters. The van der Waals surface area contributed by atoms with Crippen LogP contribution in [0, 0.1) is 0 Å². The van der Waals surface area contributed by atoms with Gasteiger partial charge < -0.3 is 4.74 Å². The molecule has 0 aliphatic heterocycles. The maximum Gasteiger partial charge on any atom is 0.119 e. The molecular formula is C8H8BBrO. The van der Waals surface area contributed by atoms with Gasteiger partial charge >= 0.3 is 0 Å². The minimum absolute atomic E-state index is 0.645. The summed E-state index contributed by atoms with van der Waals surface area (Å²) in [6, 6.07) is 5.58. The molecule has 0 bridgehead atoms. The van der Waals surface area contributed by atoms with Gasteiger partial charge in [-0.3, -0.25) is 0 Å². The molecule has 0 N–H and O–H groups in total. The first-order valence-corrected chi connectivity index (χ1v) is 4.21. The van der Waals surface area contributed by atoms with E-state index in [9.17, 15) is 0 Å². The van der Waals surface area contributed by atoms with Crippen molar-refractivity contribution in [1.29, 1.82) is 0 Å². The Morgan fingerprint density at radius 2 is 2.27 bits per heavy atom. The van der Waals surface area contributed by atoms with E-state index in [0.29, 0.717) is 12.1 Å². The maximum absolute atomic E-state index is 5.65. The lowest BCUT2D eigenvalue weighted by Crippen LogP contribution is -2.08. The molecule has 0 heterocycles. The van der Waals surface area contributed by atoms with Crippen LogP contribution in [0.1, 0.15) is 6.92 Å². The van der Waals surface area contributed by atoms with Crippen LogP contribution >= 0.6 is 15.9 Å². The normalized spacial score (nSPS) is 9.64. The van der Waals surface area contributed by atoms with Crippen molar-refractivity contribution in [2.24, 2.45) is 0 Å². The first kappa shape index (κ1) is 8.66. The van der Waals surface area contributed by atoms with E-state index in [1.165, 1.54) is 0 Å². The Bertz CT molecular complexity index is 250. The van der Waals surface area contributed by atoms with Gasteiger partial charge in [-0.05, 0) is 19.1 Å². The van der Waals surface area contributed by atoms with Gasteiger partial charge in [0, 0.05) is 4.47 Å². The van der Waals surface area contributed by atoms with Crippen molar-refractivity contribution < 1.29 is 4.74 Å². The van der Waals surface area contributed by atoms with Crippen LogP contribution in [0.4, 0.5) is 0 Å². The molecular weight excluding hydrogens is 203 g/mol. The monoisotopic (exact) mass is 210 g/mol. The highest BCUT2D eigenvalue weighted by atomic mass is 79.9. The molecule has 0 fully saturated rings. The summed E-state index contributed by atoms with van der Waals surface area (Å²) in [5.74, 6) is 0.746. The summed E-state index contributed by atoms with van der Waals surface area (Å²) in [4.78, 5) is 0. The van der Waals surface area contributed by atoms with Gasteiger partial charge in [0.25, 0.3) is 0 Å². The first-order valence-electron chi connectivity index (χ1n) is 3.42. The van der Waals surface area contributed by atoms with E-state index in [2.05, 4.69) is 15.9 Å². The van der Waals surface area contributed by atoms with Crippen molar-refractivity contribution in [2.75, 3.05) is 6.61 Å². The number of rotatable bonds is 2. The molecule has 0 spiro atoms. The van der Waals surface area contributed by atoms with Crippen LogP contribution in [0.15, 0.2) is 22.7 Å². The molecule has 1 rings (SSSR count). The predicted molar refractivity (Wildman–Crippen MR) is 50.7 cm³/mol. The van der Waals surface area contributed by atoms with Gasteiger partial charge in [-0.15, -0.1) is 0 Å². The molecule has 0 unspecified atom stereocenters. The van der Waals surface area contributed by atoms with Gasteiger partial charge in [-0.1, -0.05) is 27.5 Å². The quantitative estimate of drug-likeness (QED) is 0.675. The fraction of sp³-hybridized carbons (Fsp3) is 0.250. The summed E-state index contributed by atoms with van der Waals surface area (Å²) in [6.07, 6.45) is 0. The Labute approximate surface area is 76.3 Å². The van der Waals surface area contributed by atoms with E-state index in [0.717, 1.165) is 10.2 Å². The van der Waals surface area contributed by atoms with Gasteiger partial charge in [0.1, 0.15) is 13.6 Å². The molecule has 0 aliphatic carbocycles. The Morgan fingerprint density at radius 3 is 2.82 bits per heavy atom. The average Bonchev–Trinajstić information content (AvgIpc) is 1.95. The lowest BCUT2D eigenvalue weighted by Gasteiger charge is -2.06. The number of benzene rings is 1. The zero-order valence-electron chi connectivity index (χ0n) is 6.30. The molecule has 2 radical (unpaired) electrons. The van der Waals surface area contributed by atoms with E-state index in [-0.39, 0.29) is 0 Å². The fourth-order valence-electron chi connectivity index (χ4n) is 0.806. The highest BCUT2D eigenvalue weighted by molar-refractivity contribution is 9.10. The highest BCUT2D eigenvalue weighted by Crippen LogP contribution is 2.12. The van der Waals surface area contributed by atoms with Crippen LogP contribution in [0.2, 0.25) is 0 Å². The van der Waals surface area contributed by atoms with Crippen molar-refractivity contribution in [1.82, 2.24) is 0 Å². The van der Waals surface area contributed by atoms with E-state index in [1.807, 2.05) is 25.1 Å². The summed E-state index contributed by atoms with van der Waals surface area (Å²) >= 11 is 3.31. The maximum atomic E-state index is 5.65. The molecule has 1 aromatic carbocycles. The number of halogens is 1. The summed E-state index contributed by atoms with van der Waals surface area (Å²) in [5, 5.41) is 0. The Morgan fingerprint density at radius 1 is 1.55 bits per heavy atom. The smallest absolute Gasteiger partial charge is 0.119 e. The second-order valence-corrected chi connectivity index (χ2v) is 3.03. The molecule has 1 nitrogen and oxygen atoms in total. The molecule has 0 amide bonds. The Kier molecular flexibility index (Phi) is 3.00. The largest absolute Gasteiger partial charge is 0.495 e. The van der Waals surface area contributed by atoms with Crippen molar-refractivity contribution in [2.45, 2.75) is 6.92 Å². The number of ether oxygens (including phenoxy) is 1. The third-order valence-corrected chi connectivity index (χ3v) is 1.76. The van der Waals surface area contributed by atoms with E-state index in [1.54, 1.807) is 0 Å². The fourth-order valence-corrected chi connectivity index (χ4v) is 1.19. The van der Waals surface area contributed by atoms with E-state index < -0.39 is 0 Å². The van der Waals surface area contributed by atoms with Gasteiger partial charge in [0.05, 0.1) is 6.61 Å². The zero-order chi connectivity index (χ0) is 8.27. The molecule has 11 heavy (non-hydrogen) atoms. The molecule has 0 aliphatic rings. The molecule has 0 saturated carbocycles. The molecule has 0 aromatic heterocycles. The molecule has 0 saturated heterocycles. The minimum Gasteiger partial charge on any atom is -0.495 e. The second-order valence-electron chi connectivity index (χ2n) is 2.12. The predicted octanol–water partition coefficient (Wildman–Crippen LogP) is 1.64. The Balaban J connectivity index is 2.90. The molecule has 1 aromatic rings. The average molecular weight is 211 g/mol. The number of hydrogen-bond donors (Lipinski definition) is 0. The topological polar surface area (TPSA) is 9.23 Å². The van der Waals surface area contributed by atoms with Crippen LogP contribution in [-0.4, -0.2) is 14.5 Å². The van der Waals surface area contributed by atoms with Gasteiger partial charge in [0.2, 0.25) is 0 Å². The summed E-state index contributed by atoms with van der Waals surface area (Å²) in [7, 11) is 5.65. The summed E-state index contributed by atoms with van der Waals surface area (Å²) in [5.41, 5.74) is 0.668. The summed E-state index contributed by atoms with van der Waals surface area (Å²) in [6.45, 7) is 2.58. The molecule has 56 valence electrons. The number of hydrogen-bond acceptors (Lipinski definition) is 1. The third kappa shape index (κ3) is 2.26. The lowest BCUT2D eigenvalue weighted by atomic mass is 9.95. The standard InChI is InChI=1S/C8H8BBrO/c1-2-11-8-4-3-6(10)5-7(8)9/h3-5H,2H2,1H3. The summed E-state index contributed by atoms with van der Waals surface area (Å²) < 4.78 is 6.22. The third-order valence-electron chi connectivity index (χ3n) is 1.27. The second kappa shape index (κ2) is 3.81. The molecule has 3 heteroatoms.